The predicted octanol–water partition coefficient (Wildman–Crippen LogP) is 3.69. The summed E-state index contributed by atoms with van der Waals surface area (Å²) in [5.74, 6) is -3.21. The lowest BCUT2D eigenvalue weighted by Crippen LogP contribution is -2.33. The highest BCUT2D eigenvalue weighted by Gasteiger charge is 2.44. The van der Waals surface area contributed by atoms with Crippen LogP contribution in [0.15, 0.2) is 65.0 Å². The fourth-order valence-electron chi connectivity index (χ4n) is 5.07. The van der Waals surface area contributed by atoms with Gasteiger partial charge >= 0.3 is 11.9 Å². The molecule has 4 rings (SSSR count). The van der Waals surface area contributed by atoms with Gasteiger partial charge in [0, 0.05) is 42.5 Å². The minimum absolute atomic E-state index is 0.00354. The number of nitrogens with zero attached hydrogens (tertiary/aromatic N) is 2. The molecule has 12 nitrogen and oxygen atoms in total. The maximum Gasteiger partial charge on any atom is 0.336 e. The Morgan fingerprint density at radius 1 is 0.947 bits per heavy atom. The van der Waals surface area contributed by atoms with Gasteiger partial charge in [-0.05, 0) is 31.0 Å². The lowest BCUT2D eigenvalue weighted by molar-refractivity contribution is -0.395. The number of nitrogens with one attached hydrogen (secondary N) is 2. The van der Waals surface area contributed by atoms with Crippen molar-refractivity contribution in [3.8, 4) is 0 Å². The highest BCUT2D eigenvalue weighted by molar-refractivity contribution is 6.00. The monoisotopic (exact) mass is 522 g/mol. The molecule has 0 fully saturated rings. The zero-order valence-corrected chi connectivity index (χ0v) is 21.0. The van der Waals surface area contributed by atoms with Gasteiger partial charge in [0.25, 0.3) is 11.4 Å². The van der Waals surface area contributed by atoms with Crippen molar-refractivity contribution in [2.24, 2.45) is 0 Å². The molecule has 0 spiro atoms. The second kappa shape index (κ2) is 10.8. The summed E-state index contributed by atoms with van der Waals surface area (Å²) in [6, 6.07) is 11.2. The van der Waals surface area contributed by atoms with Crippen LogP contribution in [0.1, 0.15) is 48.9 Å². The van der Waals surface area contributed by atoms with Crippen LogP contribution < -0.4 is 10.6 Å². The van der Waals surface area contributed by atoms with E-state index >= 15 is 0 Å². The smallest absolute Gasteiger partial charge is 0.336 e. The topological polar surface area (TPSA) is 163 Å². The largest absolute Gasteiger partial charge is 0.466 e. The Bertz CT molecular complexity index is 1370. The van der Waals surface area contributed by atoms with E-state index in [-0.39, 0.29) is 35.2 Å². The standard InChI is InChI=1S/C26H26N4O8/c1-14-21(25(31)37-3)24(23-19(29(33)34)9-6-10-20(23)30(35)36)22(15(2)28-14)26(32)38-12-11-18-17-8-5-4-7-16(17)13-27-18/h4-10,18,24,27-28H,11-13H2,1-3H3. The Morgan fingerprint density at radius 3 is 2.16 bits per heavy atom. The lowest BCUT2D eigenvalue weighted by Gasteiger charge is -2.29. The zero-order valence-electron chi connectivity index (χ0n) is 21.0. The third-order valence-electron chi connectivity index (χ3n) is 6.74. The molecule has 198 valence electrons. The van der Waals surface area contributed by atoms with Crippen LogP contribution in [0.5, 0.6) is 0 Å². The number of esters is 2. The van der Waals surface area contributed by atoms with Crippen LogP contribution in [-0.4, -0.2) is 35.5 Å². The third-order valence-corrected chi connectivity index (χ3v) is 6.74. The first-order chi connectivity index (χ1) is 18.1. The minimum atomic E-state index is -1.47. The van der Waals surface area contributed by atoms with E-state index in [4.69, 9.17) is 9.47 Å². The van der Waals surface area contributed by atoms with Gasteiger partial charge in [-0.1, -0.05) is 24.3 Å². The molecule has 0 radical (unpaired) electrons. The van der Waals surface area contributed by atoms with Crippen molar-refractivity contribution in [2.75, 3.05) is 13.7 Å². The highest BCUT2D eigenvalue weighted by Crippen LogP contribution is 2.46. The van der Waals surface area contributed by atoms with Crippen LogP contribution in [0.4, 0.5) is 11.4 Å². The van der Waals surface area contributed by atoms with E-state index in [1.807, 2.05) is 24.3 Å². The van der Waals surface area contributed by atoms with Crippen molar-refractivity contribution in [1.82, 2.24) is 10.6 Å². The first kappa shape index (κ1) is 26.5. The molecule has 2 aromatic rings. The third kappa shape index (κ3) is 4.85. The number of fused-ring (bicyclic) bond motifs is 1. The van der Waals surface area contributed by atoms with Gasteiger partial charge in [0.05, 0.1) is 40.6 Å². The maximum absolute atomic E-state index is 13.5. The molecule has 38 heavy (non-hydrogen) atoms. The maximum atomic E-state index is 13.5. The summed E-state index contributed by atoms with van der Waals surface area (Å²) in [5, 5.41) is 30.2. The molecule has 0 saturated heterocycles. The number of rotatable bonds is 8. The van der Waals surface area contributed by atoms with Gasteiger partial charge in [-0.15, -0.1) is 0 Å². The second-order valence-electron chi connectivity index (χ2n) is 8.91. The minimum Gasteiger partial charge on any atom is -0.466 e. The van der Waals surface area contributed by atoms with Crippen molar-refractivity contribution >= 4 is 23.3 Å². The Labute approximate surface area is 217 Å². The number of nitro benzene ring substituents is 2. The van der Waals surface area contributed by atoms with Gasteiger partial charge in [0.2, 0.25) is 0 Å². The number of methoxy groups -OCH3 is 1. The predicted molar refractivity (Wildman–Crippen MR) is 135 cm³/mol. The number of dihydropyridines is 1. The highest BCUT2D eigenvalue weighted by atomic mass is 16.6. The Morgan fingerprint density at radius 2 is 1.55 bits per heavy atom. The molecule has 2 unspecified atom stereocenters. The fourth-order valence-corrected chi connectivity index (χ4v) is 5.07. The van der Waals surface area contributed by atoms with E-state index in [1.54, 1.807) is 0 Å². The van der Waals surface area contributed by atoms with Gasteiger partial charge in [0.15, 0.2) is 0 Å². The SMILES string of the molecule is COC(=O)C1=C(C)NC(C)=C(C(=O)OCCC2NCc3ccccc32)C1c1c([N+](=O)[O-])cccc1[N+](=O)[O-]. The summed E-state index contributed by atoms with van der Waals surface area (Å²) in [5.41, 5.74) is 0.847. The summed E-state index contributed by atoms with van der Waals surface area (Å²) in [6.07, 6.45) is 0.456. The van der Waals surface area contributed by atoms with E-state index in [2.05, 4.69) is 10.6 Å². The van der Waals surface area contributed by atoms with Crippen LogP contribution >= 0.6 is 0 Å². The Balaban J connectivity index is 1.72. The van der Waals surface area contributed by atoms with Gasteiger partial charge in [-0.2, -0.15) is 0 Å². The first-order valence-corrected chi connectivity index (χ1v) is 11.8. The molecule has 0 amide bonds. The summed E-state index contributed by atoms with van der Waals surface area (Å²) in [6.45, 7) is 3.76. The molecule has 2 aliphatic rings. The number of nitro groups is 2. The molecule has 2 atom stereocenters. The Kier molecular flexibility index (Phi) is 7.53. The number of carbonyl (C=O) groups excluding carboxylic acids is 2. The molecule has 12 heteroatoms. The lowest BCUT2D eigenvalue weighted by atomic mass is 9.79. The number of benzene rings is 2. The van der Waals surface area contributed by atoms with E-state index in [0.717, 1.165) is 30.4 Å². The van der Waals surface area contributed by atoms with Crippen molar-refractivity contribution < 1.29 is 28.9 Å². The average molecular weight is 523 g/mol. The summed E-state index contributed by atoms with van der Waals surface area (Å²) < 4.78 is 10.5. The van der Waals surface area contributed by atoms with Crippen molar-refractivity contribution in [3.63, 3.8) is 0 Å². The van der Waals surface area contributed by atoms with Gasteiger partial charge in [-0.3, -0.25) is 20.2 Å². The van der Waals surface area contributed by atoms with Crippen molar-refractivity contribution in [1.29, 1.82) is 0 Å². The van der Waals surface area contributed by atoms with Crippen LogP contribution in [-0.2, 0) is 25.6 Å². The zero-order chi connectivity index (χ0) is 27.6. The average Bonchev–Trinajstić information content (AvgIpc) is 3.30. The molecule has 2 heterocycles. The number of ether oxygens (including phenoxy) is 2. The summed E-state index contributed by atoms with van der Waals surface area (Å²) in [7, 11) is 1.11. The van der Waals surface area contributed by atoms with Crippen LogP contribution in [0, 0.1) is 20.2 Å². The first-order valence-electron chi connectivity index (χ1n) is 11.8. The quantitative estimate of drug-likeness (QED) is 0.297. The van der Waals surface area contributed by atoms with Crippen LogP contribution in [0.2, 0.25) is 0 Å². The molecule has 0 saturated carbocycles. The summed E-state index contributed by atoms with van der Waals surface area (Å²) >= 11 is 0. The number of allylic oxidation sites excluding steroid dienone is 2. The van der Waals surface area contributed by atoms with Crippen molar-refractivity contribution in [2.45, 2.75) is 38.8 Å². The molecular weight excluding hydrogens is 496 g/mol. The second-order valence-corrected chi connectivity index (χ2v) is 8.91. The van der Waals surface area contributed by atoms with E-state index in [9.17, 15) is 29.8 Å². The van der Waals surface area contributed by atoms with Crippen molar-refractivity contribution in [3.05, 3.63) is 102 Å². The van der Waals surface area contributed by atoms with Gasteiger partial charge in [-0.25, -0.2) is 9.59 Å². The van der Waals surface area contributed by atoms with Gasteiger partial charge in [0.1, 0.15) is 5.56 Å². The van der Waals surface area contributed by atoms with E-state index < -0.39 is 44.6 Å². The normalized spacial score (nSPS) is 18.5. The molecule has 0 aliphatic carbocycles. The number of hydrogen-bond donors (Lipinski definition) is 2. The fraction of sp³-hybridized carbons (Fsp3) is 0.308. The summed E-state index contributed by atoms with van der Waals surface area (Å²) in [4.78, 5) is 48.7. The molecular formula is C26H26N4O8. The number of hydrogen-bond acceptors (Lipinski definition) is 10. The van der Waals surface area contributed by atoms with Crippen LogP contribution in [0.3, 0.4) is 0 Å². The molecule has 0 bridgehead atoms. The molecule has 0 aromatic heterocycles. The van der Waals surface area contributed by atoms with Gasteiger partial charge < -0.3 is 20.1 Å². The molecule has 2 aliphatic heterocycles. The molecule has 2 N–H and O–H groups in total. The van der Waals surface area contributed by atoms with E-state index in [0.29, 0.717) is 13.0 Å². The van der Waals surface area contributed by atoms with Crippen LogP contribution in [0.25, 0.3) is 0 Å². The molecule has 2 aromatic carbocycles. The number of carbonyl (C=O) groups is 2. The Hall–Kier alpha value is -4.58. The van der Waals surface area contributed by atoms with E-state index in [1.165, 1.54) is 19.9 Å².